The molecule has 3 aromatic rings. The standard InChI is InChI=1S/C14H10N2O2.Be.2H/c17-12-9-5-4-8-11(12)14-16-15-13(18-14)10-6-2-1-3-7-10;;;/h1-9,17H;;;/q;+2;2*-1. The summed E-state index contributed by atoms with van der Waals surface area (Å²) >= 11 is 0. The molecule has 0 fully saturated rings. The Morgan fingerprint density at radius 2 is 1.47 bits per heavy atom. The van der Waals surface area contributed by atoms with Gasteiger partial charge in [0.25, 0.3) is 5.89 Å². The number of hydrogen-bond donors (Lipinski definition) is 1. The van der Waals surface area contributed by atoms with Crippen molar-refractivity contribution < 1.29 is 12.4 Å². The van der Waals surface area contributed by atoms with E-state index >= 15 is 0 Å². The maximum absolute atomic E-state index is 9.72. The van der Waals surface area contributed by atoms with Gasteiger partial charge in [-0.3, -0.25) is 0 Å². The quantitative estimate of drug-likeness (QED) is 0.709. The van der Waals surface area contributed by atoms with Gasteiger partial charge in [-0.1, -0.05) is 30.3 Å². The van der Waals surface area contributed by atoms with Crippen LogP contribution in [0.15, 0.2) is 59.0 Å². The number of aromatic hydroxyl groups is 1. The normalized spacial score (nSPS) is 9.89. The van der Waals surface area contributed by atoms with Gasteiger partial charge in [0, 0.05) is 5.56 Å². The number of hydrogen-bond acceptors (Lipinski definition) is 4. The summed E-state index contributed by atoms with van der Waals surface area (Å²) in [6, 6.07) is 16.4. The SMILES string of the molecule is Oc1ccccc1-c1nnc(-c2ccccc2)o1.[Be+2].[H-].[H-]. The van der Waals surface area contributed by atoms with Crippen molar-refractivity contribution in [2.45, 2.75) is 0 Å². The number of rotatable bonds is 2. The van der Waals surface area contributed by atoms with Crippen LogP contribution in [0, 0.1) is 0 Å². The Bertz CT molecular complexity index is 678. The monoisotopic (exact) mass is 249 g/mol. The van der Waals surface area contributed by atoms with Crippen molar-refractivity contribution in [2.75, 3.05) is 0 Å². The molecule has 2 aromatic carbocycles. The van der Waals surface area contributed by atoms with E-state index in [1.165, 1.54) is 0 Å². The Morgan fingerprint density at radius 3 is 2.21 bits per heavy atom. The van der Waals surface area contributed by atoms with E-state index in [1.54, 1.807) is 24.3 Å². The molecule has 92 valence electrons. The number of phenols is 1. The van der Waals surface area contributed by atoms with Crippen LogP contribution in [-0.2, 0) is 0 Å². The summed E-state index contributed by atoms with van der Waals surface area (Å²) in [5.41, 5.74) is 1.39. The molecule has 0 saturated carbocycles. The van der Waals surface area contributed by atoms with Crippen molar-refractivity contribution >= 4 is 10.1 Å². The number of benzene rings is 2. The van der Waals surface area contributed by atoms with E-state index in [9.17, 15) is 5.11 Å². The van der Waals surface area contributed by atoms with E-state index in [0.29, 0.717) is 17.3 Å². The van der Waals surface area contributed by atoms with E-state index in [1.807, 2.05) is 30.3 Å². The number of aromatic nitrogens is 2. The van der Waals surface area contributed by atoms with Crippen LogP contribution in [0.1, 0.15) is 2.85 Å². The first-order valence-electron chi connectivity index (χ1n) is 5.52. The second kappa shape index (κ2) is 5.46. The fraction of sp³-hybridized carbons (Fsp3) is 0. The number of para-hydroxylation sites is 1. The van der Waals surface area contributed by atoms with E-state index in [0.717, 1.165) is 5.56 Å². The molecule has 0 radical (unpaired) electrons. The predicted molar refractivity (Wildman–Crippen MR) is 74.8 cm³/mol. The second-order valence-electron chi connectivity index (χ2n) is 3.80. The maximum atomic E-state index is 9.72. The molecule has 0 unspecified atom stereocenters. The van der Waals surface area contributed by atoms with E-state index in [4.69, 9.17) is 4.42 Å². The molecule has 3 rings (SSSR count). The Kier molecular flexibility index (Phi) is 3.73. The third-order valence-electron chi connectivity index (χ3n) is 2.58. The molecular weight excluding hydrogens is 237 g/mol. The second-order valence-corrected chi connectivity index (χ2v) is 3.80. The molecule has 1 aromatic heterocycles. The van der Waals surface area contributed by atoms with Crippen molar-refractivity contribution in [3.63, 3.8) is 0 Å². The van der Waals surface area contributed by atoms with Crippen molar-refractivity contribution in [1.29, 1.82) is 0 Å². The van der Waals surface area contributed by atoms with E-state index < -0.39 is 0 Å². The van der Waals surface area contributed by atoms with Gasteiger partial charge in [-0.2, -0.15) is 0 Å². The summed E-state index contributed by atoms with van der Waals surface area (Å²) in [5, 5.41) is 17.6. The summed E-state index contributed by atoms with van der Waals surface area (Å²) in [4.78, 5) is 0. The van der Waals surface area contributed by atoms with Gasteiger partial charge in [0.1, 0.15) is 5.75 Å². The third kappa shape index (κ3) is 2.54. The Balaban J connectivity index is 0.00000133. The van der Waals surface area contributed by atoms with Crippen molar-refractivity contribution in [3.05, 3.63) is 54.6 Å². The van der Waals surface area contributed by atoms with Crippen molar-refractivity contribution in [2.24, 2.45) is 0 Å². The smallest absolute Gasteiger partial charge is 1.00 e. The van der Waals surface area contributed by atoms with Gasteiger partial charge >= 0.3 is 10.1 Å². The van der Waals surface area contributed by atoms with Crippen LogP contribution >= 0.6 is 0 Å². The molecule has 5 heteroatoms. The minimum absolute atomic E-state index is 0. The molecule has 4 nitrogen and oxygen atoms in total. The summed E-state index contributed by atoms with van der Waals surface area (Å²) in [6.07, 6.45) is 0. The average Bonchev–Trinajstić information content (AvgIpc) is 2.90. The zero-order valence-electron chi connectivity index (χ0n) is 12.2. The van der Waals surface area contributed by atoms with Crippen LogP contribution in [-0.4, -0.2) is 25.4 Å². The molecule has 0 bridgehead atoms. The van der Waals surface area contributed by atoms with Crippen LogP contribution in [0.4, 0.5) is 0 Å². The van der Waals surface area contributed by atoms with Crippen LogP contribution in [0.5, 0.6) is 5.75 Å². The van der Waals surface area contributed by atoms with Crippen LogP contribution in [0.25, 0.3) is 22.9 Å². The van der Waals surface area contributed by atoms with Gasteiger partial charge < -0.3 is 12.4 Å². The summed E-state index contributed by atoms with van der Waals surface area (Å²) in [5.74, 6) is 0.876. The zero-order valence-corrected chi connectivity index (χ0v) is 10.2. The molecule has 0 spiro atoms. The summed E-state index contributed by atoms with van der Waals surface area (Å²) < 4.78 is 5.55. The minimum Gasteiger partial charge on any atom is -1.00 e. The zero-order chi connectivity index (χ0) is 12.4. The molecule has 0 saturated heterocycles. The first kappa shape index (κ1) is 13.0. The Morgan fingerprint density at radius 1 is 0.842 bits per heavy atom. The number of phenolic OH excluding ortho intramolecular Hbond substituents is 1. The van der Waals surface area contributed by atoms with Gasteiger partial charge in [0.2, 0.25) is 5.89 Å². The molecule has 1 N–H and O–H groups in total. The first-order chi connectivity index (χ1) is 8.84. The average molecular weight is 249 g/mol. The van der Waals surface area contributed by atoms with E-state index in [-0.39, 0.29) is 18.7 Å². The maximum Gasteiger partial charge on any atom is 2.00 e. The Labute approximate surface area is 116 Å². The molecule has 1 heterocycles. The van der Waals surface area contributed by atoms with Crippen molar-refractivity contribution in [1.82, 2.24) is 10.2 Å². The van der Waals surface area contributed by atoms with Gasteiger partial charge in [0.15, 0.2) is 0 Å². The molecule has 0 aliphatic heterocycles. The molecule has 0 amide bonds. The summed E-state index contributed by atoms with van der Waals surface area (Å²) in [7, 11) is 0. The van der Waals surface area contributed by atoms with Gasteiger partial charge in [0.05, 0.1) is 5.56 Å². The largest absolute Gasteiger partial charge is 2.00 e. The minimum atomic E-state index is 0. The molecule has 0 aliphatic carbocycles. The fourth-order valence-electron chi connectivity index (χ4n) is 1.68. The molecule has 0 aliphatic rings. The van der Waals surface area contributed by atoms with Gasteiger partial charge in [-0.05, 0) is 24.3 Å². The topological polar surface area (TPSA) is 59.2 Å². The van der Waals surface area contributed by atoms with Crippen LogP contribution in [0.3, 0.4) is 0 Å². The van der Waals surface area contributed by atoms with Crippen LogP contribution < -0.4 is 0 Å². The van der Waals surface area contributed by atoms with Gasteiger partial charge in [-0.25, -0.2) is 0 Å². The van der Waals surface area contributed by atoms with Crippen LogP contribution in [0.2, 0.25) is 0 Å². The third-order valence-corrected chi connectivity index (χ3v) is 2.58. The Hall–Kier alpha value is -2.45. The first-order valence-corrected chi connectivity index (χ1v) is 5.52. The van der Waals surface area contributed by atoms with E-state index in [2.05, 4.69) is 10.2 Å². The molecular formula is C14H12BeN2O2. The van der Waals surface area contributed by atoms with Crippen molar-refractivity contribution in [3.8, 4) is 28.7 Å². The summed E-state index contributed by atoms with van der Waals surface area (Å²) in [6.45, 7) is 0. The molecule has 0 atom stereocenters. The fourth-order valence-corrected chi connectivity index (χ4v) is 1.68. The number of nitrogens with zero attached hydrogens (tertiary/aromatic N) is 2. The predicted octanol–water partition coefficient (Wildman–Crippen LogP) is 2.95. The molecule has 19 heavy (non-hydrogen) atoms. The van der Waals surface area contributed by atoms with Gasteiger partial charge in [-0.15, -0.1) is 10.2 Å².